The number of hydrogen-bond acceptors (Lipinski definition) is 6. The lowest BCUT2D eigenvalue weighted by atomic mass is 9.86. The van der Waals surface area contributed by atoms with Gasteiger partial charge in [0.1, 0.15) is 10.8 Å². The smallest absolute Gasteiger partial charge is 0.289 e. The molecule has 0 spiro atoms. The van der Waals surface area contributed by atoms with E-state index in [1.165, 1.54) is 12.1 Å². The van der Waals surface area contributed by atoms with Crippen molar-refractivity contribution in [1.29, 1.82) is 0 Å². The molecule has 0 radical (unpaired) electrons. The van der Waals surface area contributed by atoms with Crippen LogP contribution in [0.5, 0.6) is 5.75 Å². The van der Waals surface area contributed by atoms with Gasteiger partial charge in [0.15, 0.2) is 0 Å². The molecule has 0 aliphatic heterocycles. The first-order chi connectivity index (χ1) is 13.6. The number of hydrogen-bond donors (Lipinski definition) is 1. The van der Waals surface area contributed by atoms with Crippen molar-refractivity contribution in [2.45, 2.75) is 30.2 Å². The number of benzene rings is 2. The Morgan fingerprint density at radius 3 is 2.59 bits per heavy atom. The maximum Gasteiger partial charge on any atom is 0.289 e. The Balaban J connectivity index is 2.00. The van der Waals surface area contributed by atoms with E-state index in [1.54, 1.807) is 19.2 Å². The third-order valence-electron chi connectivity index (χ3n) is 5.17. The van der Waals surface area contributed by atoms with Crippen LogP contribution in [0.2, 0.25) is 5.02 Å². The first-order valence-corrected chi connectivity index (χ1v) is 10.8. The number of halogens is 1. The van der Waals surface area contributed by atoms with E-state index in [1.807, 2.05) is 14.1 Å². The third-order valence-corrected chi connectivity index (χ3v) is 6.86. The van der Waals surface area contributed by atoms with E-state index in [4.69, 9.17) is 16.3 Å². The molecule has 1 N–H and O–H groups in total. The van der Waals surface area contributed by atoms with E-state index in [9.17, 15) is 18.5 Å². The van der Waals surface area contributed by atoms with Gasteiger partial charge in [-0.1, -0.05) is 11.6 Å². The number of nitro groups is 1. The van der Waals surface area contributed by atoms with E-state index in [0.29, 0.717) is 18.2 Å². The minimum absolute atomic E-state index is 0.120. The molecule has 0 bridgehead atoms. The van der Waals surface area contributed by atoms with Gasteiger partial charge in [0, 0.05) is 17.7 Å². The summed E-state index contributed by atoms with van der Waals surface area (Å²) in [5.74, 6) is 0.719. The van der Waals surface area contributed by atoms with Gasteiger partial charge in [0.05, 0.1) is 22.6 Å². The summed E-state index contributed by atoms with van der Waals surface area (Å²) in [5.41, 5.74) is 1.85. The lowest BCUT2D eigenvalue weighted by Crippen LogP contribution is -2.34. The van der Waals surface area contributed by atoms with Crippen molar-refractivity contribution in [3.05, 3.63) is 56.6 Å². The summed E-state index contributed by atoms with van der Waals surface area (Å²) < 4.78 is 33.8. The number of likely N-dealkylation sites (N-methyl/N-ethyl adjacent to an activating group) is 1. The number of anilines is 1. The van der Waals surface area contributed by atoms with E-state index < -0.39 is 20.6 Å². The third kappa shape index (κ3) is 4.31. The number of nitrogens with zero attached hydrogens (tertiary/aromatic N) is 2. The highest BCUT2D eigenvalue weighted by molar-refractivity contribution is 7.92. The second-order valence-electron chi connectivity index (χ2n) is 7.11. The first kappa shape index (κ1) is 21.4. The molecular formula is C19H22ClN3O5S. The van der Waals surface area contributed by atoms with Crippen LogP contribution < -0.4 is 9.46 Å². The largest absolute Gasteiger partial charge is 0.496 e. The molecule has 0 saturated carbocycles. The molecular weight excluding hydrogens is 418 g/mol. The van der Waals surface area contributed by atoms with Crippen LogP contribution in [-0.4, -0.2) is 45.5 Å². The molecule has 0 aromatic heterocycles. The number of sulfonamides is 1. The molecule has 29 heavy (non-hydrogen) atoms. The molecule has 1 unspecified atom stereocenters. The molecule has 156 valence electrons. The molecule has 1 aliphatic rings. The van der Waals surface area contributed by atoms with Crippen molar-refractivity contribution in [3.8, 4) is 5.75 Å². The van der Waals surface area contributed by atoms with Gasteiger partial charge in [0.2, 0.25) is 0 Å². The Labute approximate surface area is 174 Å². The highest BCUT2D eigenvalue weighted by Crippen LogP contribution is 2.37. The molecule has 0 fully saturated rings. The van der Waals surface area contributed by atoms with Crippen molar-refractivity contribution in [3.63, 3.8) is 0 Å². The Hall–Kier alpha value is -2.36. The number of fused-ring (bicyclic) bond motifs is 1. The van der Waals surface area contributed by atoms with Crippen LogP contribution in [0.4, 0.5) is 11.4 Å². The zero-order valence-electron chi connectivity index (χ0n) is 16.3. The lowest BCUT2D eigenvalue weighted by molar-refractivity contribution is -0.384. The number of methoxy groups -OCH3 is 1. The molecule has 0 amide bonds. The molecule has 10 heteroatoms. The summed E-state index contributed by atoms with van der Waals surface area (Å²) in [6.45, 7) is 0. The SMILES string of the molecule is COc1ccc(NS(=O)(=O)c2ccc(Cl)c([N+](=O)[O-])c2)c2c1CC(N(C)C)CC2. The fraction of sp³-hybridized carbons (Fsp3) is 0.368. The summed E-state index contributed by atoms with van der Waals surface area (Å²) in [4.78, 5) is 12.3. The van der Waals surface area contributed by atoms with E-state index in [-0.39, 0.29) is 9.92 Å². The van der Waals surface area contributed by atoms with Gasteiger partial charge in [-0.15, -0.1) is 0 Å². The number of nitrogens with one attached hydrogen (secondary N) is 1. The molecule has 1 atom stereocenters. The molecule has 2 aromatic rings. The molecule has 3 rings (SSSR count). The topological polar surface area (TPSA) is 102 Å². The van der Waals surface area contributed by atoms with Gasteiger partial charge < -0.3 is 9.64 Å². The van der Waals surface area contributed by atoms with Crippen molar-refractivity contribution >= 4 is 33.0 Å². The first-order valence-electron chi connectivity index (χ1n) is 8.96. The van der Waals surface area contributed by atoms with Crippen LogP contribution in [0.25, 0.3) is 0 Å². The summed E-state index contributed by atoms with van der Waals surface area (Å²) in [5, 5.41) is 11.0. The molecule has 8 nitrogen and oxygen atoms in total. The van der Waals surface area contributed by atoms with E-state index >= 15 is 0 Å². The molecule has 2 aromatic carbocycles. The molecule has 0 heterocycles. The zero-order chi connectivity index (χ0) is 21.3. The quantitative estimate of drug-likeness (QED) is 0.546. The van der Waals surface area contributed by atoms with Crippen molar-refractivity contribution < 1.29 is 18.1 Å². The predicted molar refractivity (Wildman–Crippen MR) is 111 cm³/mol. The van der Waals surface area contributed by atoms with Crippen LogP contribution in [0.3, 0.4) is 0 Å². The maximum absolute atomic E-state index is 12.9. The monoisotopic (exact) mass is 439 g/mol. The Bertz CT molecular complexity index is 1060. The Morgan fingerprint density at radius 1 is 1.24 bits per heavy atom. The summed E-state index contributed by atoms with van der Waals surface area (Å²) >= 11 is 5.79. The zero-order valence-corrected chi connectivity index (χ0v) is 17.9. The van der Waals surface area contributed by atoms with Gasteiger partial charge in [0.25, 0.3) is 15.7 Å². The van der Waals surface area contributed by atoms with Gasteiger partial charge in [-0.05, 0) is 63.2 Å². The van der Waals surface area contributed by atoms with Crippen LogP contribution >= 0.6 is 11.6 Å². The van der Waals surface area contributed by atoms with Crippen molar-refractivity contribution in [2.75, 3.05) is 25.9 Å². The van der Waals surface area contributed by atoms with Crippen LogP contribution in [-0.2, 0) is 22.9 Å². The Kier molecular flexibility index (Phi) is 6.02. The Morgan fingerprint density at radius 2 is 1.97 bits per heavy atom. The summed E-state index contributed by atoms with van der Waals surface area (Å²) in [6.07, 6.45) is 2.32. The minimum Gasteiger partial charge on any atom is -0.496 e. The van der Waals surface area contributed by atoms with E-state index in [0.717, 1.165) is 35.8 Å². The number of ether oxygens (including phenoxy) is 1. The van der Waals surface area contributed by atoms with Crippen LogP contribution in [0.1, 0.15) is 17.5 Å². The van der Waals surface area contributed by atoms with Crippen molar-refractivity contribution in [1.82, 2.24) is 4.90 Å². The second kappa shape index (κ2) is 8.17. The highest BCUT2D eigenvalue weighted by atomic mass is 35.5. The standard InChI is InChI=1S/C19H22ClN3O5S/c1-22(2)12-4-6-14-15(10-12)19(28-3)9-8-17(14)21-29(26,27)13-5-7-16(20)18(11-13)23(24)25/h5,7-9,11-12,21H,4,6,10H2,1-3H3. The van der Waals surface area contributed by atoms with Crippen LogP contribution in [0, 0.1) is 10.1 Å². The lowest BCUT2D eigenvalue weighted by Gasteiger charge is -2.32. The molecule has 1 aliphatic carbocycles. The van der Waals surface area contributed by atoms with Gasteiger partial charge >= 0.3 is 0 Å². The number of nitro benzene ring substituents is 1. The van der Waals surface area contributed by atoms with Crippen molar-refractivity contribution in [2.24, 2.45) is 0 Å². The van der Waals surface area contributed by atoms with Crippen LogP contribution in [0.15, 0.2) is 35.2 Å². The average Bonchev–Trinajstić information content (AvgIpc) is 2.67. The van der Waals surface area contributed by atoms with E-state index in [2.05, 4.69) is 9.62 Å². The highest BCUT2D eigenvalue weighted by Gasteiger charge is 2.27. The summed E-state index contributed by atoms with van der Waals surface area (Å²) in [6, 6.07) is 7.15. The maximum atomic E-state index is 12.9. The normalized spacial score (nSPS) is 16.4. The molecule has 0 saturated heterocycles. The average molecular weight is 440 g/mol. The minimum atomic E-state index is -4.03. The van der Waals surface area contributed by atoms with Gasteiger partial charge in [-0.3, -0.25) is 14.8 Å². The van der Waals surface area contributed by atoms with Gasteiger partial charge in [-0.25, -0.2) is 8.42 Å². The number of rotatable bonds is 6. The fourth-order valence-corrected chi connectivity index (χ4v) is 4.86. The van der Waals surface area contributed by atoms with Gasteiger partial charge in [-0.2, -0.15) is 0 Å². The fourth-order valence-electron chi connectivity index (χ4n) is 3.56. The predicted octanol–water partition coefficient (Wildman–Crippen LogP) is 3.48. The second-order valence-corrected chi connectivity index (χ2v) is 9.20. The summed E-state index contributed by atoms with van der Waals surface area (Å²) in [7, 11) is 1.59.